The second-order valence-corrected chi connectivity index (χ2v) is 2.76. The number of carbonyl (C=O) groups is 2. The highest BCUT2D eigenvalue weighted by Crippen LogP contribution is 2.07. The summed E-state index contributed by atoms with van der Waals surface area (Å²) in [5.74, 6) is -1.25. The molecule has 0 saturated heterocycles. The van der Waals surface area contributed by atoms with Gasteiger partial charge in [-0.05, 0) is 6.92 Å². The largest absolute Gasteiger partial charge is 0.479 e. The van der Waals surface area contributed by atoms with Gasteiger partial charge in [-0.2, -0.15) is 0 Å². The van der Waals surface area contributed by atoms with E-state index in [0.29, 0.717) is 0 Å². The Morgan fingerprint density at radius 2 is 2.10 bits per heavy atom. The number of amides is 2. The van der Waals surface area contributed by atoms with Crippen LogP contribution in [0.15, 0.2) is 0 Å². The van der Waals surface area contributed by atoms with Crippen LogP contribution in [0.5, 0.6) is 0 Å². The lowest BCUT2D eigenvalue weighted by Gasteiger charge is -2.17. The van der Waals surface area contributed by atoms with Gasteiger partial charge in [0.25, 0.3) is 0 Å². The van der Waals surface area contributed by atoms with Crippen LogP contribution in [-0.2, 0) is 4.79 Å². The minimum atomic E-state index is -1.59. The molecule has 0 radical (unpaired) electrons. The monoisotopic (exact) mass is 164 g/mol. The summed E-state index contributed by atoms with van der Waals surface area (Å²) in [6, 6.07) is -0.917. The van der Waals surface area contributed by atoms with Crippen molar-refractivity contribution in [1.82, 2.24) is 5.32 Å². The topological polar surface area (TPSA) is 92.4 Å². The van der Waals surface area contributed by atoms with Crippen molar-refractivity contribution in [3.63, 3.8) is 0 Å². The number of carboxylic acids is 1. The van der Waals surface area contributed by atoms with Crippen LogP contribution in [0.1, 0.15) is 6.92 Å². The maximum absolute atomic E-state index is 10.2. The maximum Gasteiger partial charge on any atom is 0.339 e. The van der Waals surface area contributed by atoms with Crippen molar-refractivity contribution in [2.45, 2.75) is 11.8 Å². The first-order valence-electron chi connectivity index (χ1n) is 2.39. The third-order valence-corrected chi connectivity index (χ3v) is 1.09. The van der Waals surface area contributed by atoms with Crippen molar-refractivity contribution in [2.75, 3.05) is 0 Å². The second kappa shape index (κ2) is 2.78. The Morgan fingerprint density at radius 1 is 1.70 bits per heavy atom. The molecule has 0 spiro atoms. The Labute approximate surface area is 63.0 Å². The summed E-state index contributed by atoms with van der Waals surface area (Å²) in [4.78, 5) is 18.7. The Bertz CT molecular complexity index is 168. The molecule has 0 aliphatic rings. The van der Waals surface area contributed by atoms with Crippen molar-refractivity contribution in [3.05, 3.63) is 0 Å². The van der Waals surface area contributed by atoms with Gasteiger partial charge in [0, 0.05) is 0 Å². The number of carboxylic acid groups (broad SMARTS) is 1. The standard InChI is InChI=1S/C4H8N2O3S/c1-4(10,2(7)8)6-3(5)9/h10H,1H3,(H,7,8)(H3,5,6,9). The highest BCUT2D eigenvalue weighted by Gasteiger charge is 2.29. The van der Waals surface area contributed by atoms with Crippen molar-refractivity contribution in [3.8, 4) is 0 Å². The molecule has 0 heterocycles. The molecule has 0 aromatic carbocycles. The lowest BCUT2D eigenvalue weighted by molar-refractivity contribution is -0.139. The van der Waals surface area contributed by atoms with Crippen LogP contribution in [0, 0.1) is 0 Å². The SMILES string of the molecule is CC(S)(NC(N)=O)C(=O)O. The van der Waals surface area contributed by atoms with Crippen LogP contribution in [0.25, 0.3) is 0 Å². The maximum atomic E-state index is 10.2. The summed E-state index contributed by atoms with van der Waals surface area (Å²) in [6.07, 6.45) is 0. The molecule has 0 saturated carbocycles. The van der Waals surface area contributed by atoms with E-state index in [2.05, 4.69) is 18.4 Å². The molecule has 0 aromatic rings. The molecule has 0 bridgehead atoms. The van der Waals surface area contributed by atoms with Crippen LogP contribution in [-0.4, -0.2) is 22.0 Å². The first-order valence-corrected chi connectivity index (χ1v) is 2.84. The van der Waals surface area contributed by atoms with Gasteiger partial charge < -0.3 is 16.2 Å². The van der Waals surface area contributed by atoms with Crippen molar-refractivity contribution >= 4 is 24.6 Å². The predicted molar refractivity (Wildman–Crippen MR) is 37.7 cm³/mol. The highest BCUT2D eigenvalue weighted by molar-refractivity contribution is 7.82. The van der Waals surface area contributed by atoms with Gasteiger partial charge >= 0.3 is 12.0 Å². The summed E-state index contributed by atoms with van der Waals surface area (Å²) in [5.41, 5.74) is 4.65. The number of aliphatic carboxylic acids is 1. The molecular weight excluding hydrogens is 156 g/mol. The van der Waals surface area contributed by atoms with E-state index in [0.717, 1.165) is 0 Å². The molecule has 0 rings (SSSR count). The van der Waals surface area contributed by atoms with Crippen LogP contribution in [0.3, 0.4) is 0 Å². The summed E-state index contributed by atoms with van der Waals surface area (Å²) < 4.78 is 0. The van der Waals surface area contributed by atoms with E-state index in [-0.39, 0.29) is 0 Å². The molecule has 5 nitrogen and oxygen atoms in total. The average molecular weight is 164 g/mol. The van der Waals surface area contributed by atoms with Crippen LogP contribution >= 0.6 is 12.6 Å². The minimum Gasteiger partial charge on any atom is -0.479 e. The van der Waals surface area contributed by atoms with Gasteiger partial charge in [0.1, 0.15) is 0 Å². The first kappa shape index (κ1) is 9.09. The van der Waals surface area contributed by atoms with Crippen molar-refractivity contribution in [2.24, 2.45) is 5.73 Å². The summed E-state index contributed by atoms with van der Waals surface area (Å²) >= 11 is 3.61. The Hall–Kier alpha value is -0.910. The molecule has 10 heavy (non-hydrogen) atoms. The molecule has 6 heteroatoms. The third kappa shape index (κ3) is 2.58. The lowest BCUT2D eigenvalue weighted by Crippen LogP contribution is -2.49. The van der Waals surface area contributed by atoms with Crippen LogP contribution < -0.4 is 11.1 Å². The number of nitrogens with one attached hydrogen (secondary N) is 1. The zero-order valence-corrected chi connectivity index (χ0v) is 6.18. The average Bonchev–Trinajstić information content (AvgIpc) is 1.60. The van der Waals surface area contributed by atoms with Gasteiger partial charge in [0.05, 0.1) is 0 Å². The summed E-state index contributed by atoms with van der Waals surface area (Å²) in [5, 5.41) is 10.3. The smallest absolute Gasteiger partial charge is 0.339 e. The van der Waals surface area contributed by atoms with E-state index < -0.39 is 16.9 Å². The van der Waals surface area contributed by atoms with E-state index in [1.807, 2.05) is 5.32 Å². The molecule has 58 valence electrons. The van der Waals surface area contributed by atoms with Crippen molar-refractivity contribution < 1.29 is 14.7 Å². The van der Waals surface area contributed by atoms with E-state index in [9.17, 15) is 9.59 Å². The van der Waals surface area contributed by atoms with Gasteiger partial charge in [0.2, 0.25) is 0 Å². The number of hydrogen-bond donors (Lipinski definition) is 4. The fourth-order valence-corrected chi connectivity index (χ4v) is 0.404. The molecule has 1 atom stereocenters. The quantitative estimate of drug-likeness (QED) is 0.324. The summed E-state index contributed by atoms with van der Waals surface area (Å²) in [6.45, 7) is 1.21. The van der Waals surface area contributed by atoms with Gasteiger partial charge in [-0.15, -0.1) is 12.6 Å². The van der Waals surface area contributed by atoms with Crippen LogP contribution in [0.4, 0.5) is 4.79 Å². The fourth-order valence-electron chi connectivity index (χ4n) is 0.293. The number of primary amides is 1. The zero-order chi connectivity index (χ0) is 8.36. The van der Waals surface area contributed by atoms with Crippen LogP contribution in [0.2, 0.25) is 0 Å². The molecule has 0 aliphatic carbocycles. The van der Waals surface area contributed by atoms with E-state index in [1.54, 1.807) is 0 Å². The normalized spacial score (nSPS) is 15.4. The molecular formula is C4H8N2O3S. The number of rotatable bonds is 2. The predicted octanol–water partition coefficient (Wildman–Crippen LogP) is -0.615. The number of hydrogen-bond acceptors (Lipinski definition) is 3. The Balaban J connectivity index is 4.13. The molecule has 4 N–H and O–H groups in total. The van der Waals surface area contributed by atoms with Crippen molar-refractivity contribution in [1.29, 1.82) is 0 Å². The Kier molecular flexibility index (Phi) is 2.53. The minimum absolute atomic E-state index is 0.917. The van der Waals surface area contributed by atoms with Gasteiger partial charge in [0.15, 0.2) is 4.87 Å². The zero-order valence-electron chi connectivity index (χ0n) is 5.29. The number of thiol groups is 1. The van der Waals surface area contributed by atoms with E-state index >= 15 is 0 Å². The third-order valence-electron chi connectivity index (χ3n) is 0.783. The van der Waals surface area contributed by atoms with E-state index in [4.69, 9.17) is 5.11 Å². The molecule has 0 aromatic heterocycles. The van der Waals surface area contributed by atoms with Gasteiger partial charge in [-0.25, -0.2) is 9.59 Å². The molecule has 1 unspecified atom stereocenters. The van der Waals surface area contributed by atoms with Gasteiger partial charge in [-0.3, -0.25) is 0 Å². The van der Waals surface area contributed by atoms with E-state index in [1.165, 1.54) is 6.92 Å². The first-order chi connectivity index (χ1) is 4.36. The lowest BCUT2D eigenvalue weighted by atomic mass is 10.3. The fraction of sp³-hybridized carbons (Fsp3) is 0.500. The number of carbonyl (C=O) groups excluding carboxylic acids is 1. The van der Waals surface area contributed by atoms with Gasteiger partial charge in [-0.1, -0.05) is 0 Å². The molecule has 0 aliphatic heterocycles. The second-order valence-electron chi connectivity index (χ2n) is 1.87. The highest BCUT2D eigenvalue weighted by atomic mass is 32.1. The number of nitrogens with two attached hydrogens (primary N) is 1. The Morgan fingerprint density at radius 3 is 2.20 bits per heavy atom. The molecule has 2 amide bonds. The molecule has 0 fully saturated rings. The summed E-state index contributed by atoms with van der Waals surface area (Å²) in [7, 11) is 0. The number of urea groups is 1.